The van der Waals surface area contributed by atoms with Gasteiger partial charge in [-0.2, -0.15) is 24.5 Å². The fourth-order valence-corrected chi connectivity index (χ4v) is 1.32. The van der Waals surface area contributed by atoms with E-state index in [1.54, 1.807) is 0 Å². The van der Waals surface area contributed by atoms with Crippen LogP contribution in [0.4, 0.5) is 13.2 Å². The molecule has 0 saturated heterocycles. The minimum absolute atomic E-state index is 0.116. The zero-order chi connectivity index (χ0) is 9.19. The van der Waals surface area contributed by atoms with Gasteiger partial charge in [-0.05, 0) is 11.4 Å². The standard InChI is InChI=1S/C6H4F3NOS/c7-6(8,9)5(10-11)4-1-2-12-3-4/h1-3,11H/b10-5-. The number of hydrogen-bond acceptors (Lipinski definition) is 3. The van der Waals surface area contributed by atoms with Crippen molar-refractivity contribution in [1.82, 2.24) is 0 Å². The topological polar surface area (TPSA) is 32.6 Å². The first-order valence-electron chi connectivity index (χ1n) is 2.87. The summed E-state index contributed by atoms with van der Waals surface area (Å²) < 4.78 is 36.0. The molecule has 1 heterocycles. The highest BCUT2D eigenvalue weighted by Gasteiger charge is 2.37. The molecule has 0 radical (unpaired) electrons. The summed E-state index contributed by atoms with van der Waals surface area (Å²) in [5.74, 6) is 0. The van der Waals surface area contributed by atoms with Crippen LogP contribution < -0.4 is 0 Å². The zero-order valence-electron chi connectivity index (χ0n) is 5.67. The number of alkyl halides is 3. The van der Waals surface area contributed by atoms with Crippen LogP contribution in [0.2, 0.25) is 0 Å². The van der Waals surface area contributed by atoms with Crippen molar-refractivity contribution in [2.75, 3.05) is 0 Å². The Labute approximate surface area is 69.9 Å². The largest absolute Gasteiger partial charge is 0.437 e. The number of oxime groups is 1. The predicted octanol–water partition coefficient (Wildman–Crippen LogP) is 2.49. The smallest absolute Gasteiger partial charge is 0.410 e. The molecular formula is C6H4F3NOS. The fourth-order valence-electron chi connectivity index (χ4n) is 0.677. The van der Waals surface area contributed by atoms with E-state index >= 15 is 0 Å². The molecule has 0 aliphatic rings. The summed E-state index contributed by atoms with van der Waals surface area (Å²) in [6.45, 7) is 0. The molecule has 12 heavy (non-hydrogen) atoms. The minimum atomic E-state index is -4.60. The molecule has 0 bridgehead atoms. The van der Waals surface area contributed by atoms with E-state index in [4.69, 9.17) is 5.21 Å². The molecule has 0 aromatic carbocycles. The summed E-state index contributed by atoms with van der Waals surface area (Å²) in [6, 6.07) is 1.24. The van der Waals surface area contributed by atoms with Gasteiger partial charge in [0.25, 0.3) is 0 Å². The number of nitrogens with zero attached hydrogens (tertiary/aromatic N) is 1. The fraction of sp³-hybridized carbons (Fsp3) is 0.167. The van der Waals surface area contributed by atoms with Crippen molar-refractivity contribution >= 4 is 17.0 Å². The van der Waals surface area contributed by atoms with Crippen LogP contribution in [-0.4, -0.2) is 17.1 Å². The molecule has 0 amide bonds. The van der Waals surface area contributed by atoms with Gasteiger partial charge in [-0.25, -0.2) is 0 Å². The third-order valence-electron chi connectivity index (χ3n) is 1.16. The second kappa shape index (κ2) is 3.14. The lowest BCUT2D eigenvalue weighted by atomic mass is 10.2. The van der Waals surface area contributed by atoms with Crippen molar-refractivity contribution in [2.24, 2.45) is 5.16 Å². The van der Waals surface area contributed by atoms with Gasteiger partial charge in [0.05, 0.1) is 0 Å². The molecule has 1 N–H and O–H groups in total. The summed E-state index contributed by atoms with van der Waals surface area (Å²) >= 11 is 1.11. The highest BCUT2D eigenvalue weighted by molar-refractivity contribution is 7.08. The average molecular weight is 195 g/mol. The molecule has 1 aromatic rings. The van der Waals surface area contributed by atoms with Gasteiger partial charge in [0.1, 0.15) is 0 Å². The Bertz CT molecular complexity index is 277. The Balaban J connectivity index is 3.01. The van der Waals surface area contributed by atoms with Crippen LogP contribution in [0.3, 0.4) is 0 Å². The lowest BCUT2D eigenvalue weighted by molar-refractivity contribution is -0.0600. The molecule has 1 rings (SSSR count). The lowest BCUT2D eigenvalue weighted by Crippen LogP contribution is -2.23. The monoisotopic (exact) mass is 195 g/mol. The summed E-state index contributed by atoms with van der Waals surface area (Å²) in [6.07, 6.45) is -4.60. The molecule has 6 heteroatoms. The van der Waals surface area contributed by atoms with Crippen LogP contribution in [0, 0.1) is 0 Å². The molecule has 0 saturated carbocycles. The summed E-state index contributed by atoms with van der Waals surface area (Å²) in [5.41, 5.74) is -1.38. The lowest BCUT2D eigenvalue weighted by Gasteiger charge is -2.05. The van der Waals surface area contributed by atoms with Crippen molar-refractivity contribution in [3.05, 3.63) is 22.4 Å². The molecular weight excluding hydrogens is 191 g/mol. The Morgan fingerprint density at radius 1 is 1.50 bits per heavy atom. The van der Waals surface area contributed by atoms with Gasteiger partial charge in [0.15, 0.2) is 5.71 Å². The van der Waals surface area contributed by atoms with Gasteiger partial charge in [0, 0.05) is 10.9 Å². The molecule has 0 unspecified atom stereocenters. The number of halogens is 3. The van der Waals surface area contributed by atoms with Crippen LogP contribution in [0.25, 0.3) is 0 Å². The number of thiophene rings is 1. The molecule has 0 spiro atoms. The summed E-state index contributed by atoms with van der Waals surface area (Å²) in [5, 5.41) is 13.1. The molecule has 0 fully saturated rings. The maximum absolute atomic E-state index is 12.0. The third-order valence-corrected chi connectivity index (χ3v) is 1.85. The normalized spacial score (nSPS) is 13.4. The molecule has 0 aliphatic carbocycles. The van der Waals surface area contributed by atoms with E-state index in [-0.39, 0.29) is 5.56 Å². The SMILES string of the molecule is O/N=C(/c1ccsc1)C(F)(F)F. The minimum Gasteiger partial charge on any atom is -0.410 e. The van der Waals surface area contributed by atoms with Gasteiger partial charge >= 0.3 is 6.18 Å². The zero-order valence-corrected chi connectivity index (χ0v) is 6.49. The van der Waals surface area contributed by atoms with E-state index in [1.807, 2.05) is 0 Å². The molecule has 0 aliphatic heterocycles. The first-order chi connectivity index (χ1) is 5.55. The Morgan fingerprint density at radius 3 is 2.50 bits per heavy atom. The highest BCUT2D eigenvalue weighted by atomic mass is 32.1. The van der Waals surface area contributed by atoms with E-state index in [0.29, 0.717) is 0 Å². The molecule has 1 aromatic heterocycles. The first kappa shape index (κ1) is 9.05. The highest BCUT2D eigenvalue weighted by Crippen LogP contribution is 2.23. The first-order valence-corrected chi connectivity index (χ1v) is 3.82. The maximum atomic E-state index is 12.0. The Hall–Kier alpha value is -1.04. The van der Waals surface area contributed by atoms with Crippen LogP contribution in [0.15, 0.2) is 22.0 Å². The molecule has 0 atom stereocenters. The van der Waals surface area contributed by atoms with Crippen molar-refractivity contribution < 1.29 is 18.4 Å². The maximum Gasteiger partial charge on any atom is 0.437 e. The van der Waals surface area contributed by atoms with Gasteiger partial charge in [0.2, 0.25) is 0 Å². The van der Waals surface area contributed by atoms with Crippen LogP contribution in [-0.2, 0) is 0 Å². The second-order valence-electron chi connectivity index (χ2n) is 1.96. The molecule has 2 nitrogen and oxygen atoms in total. The van der Waals surface area contributed by atoms with Crippen LogP contribution in [0.5, 0.6) is 0 Å². The number of hydrogen-bond donors (Lipinski definition) is 1. The van der Waals surface area contributed by atoms with Crippen LogP contribution in [0.1, 0.15) is 5.56 Å². The van der Waals surface area contributed by atoms with Gasteiger partial charge in [-0.1, -0.05) is 5.16 Å². The van der Waals surface area contributed by atoms with Crippen molar-refractivity contribution in [2.45, 2.75) is 6.18 Å². The van der Waals surface area contributed by atoms with E-state index in [0.717, 1.165) is 11.3 Å². The summed E-state index contributed by atoms with van der Waals surface area (Å²) in [4.78, 5) is 0. The Kier molecular flexibility index (Phi) is 2.37. The predicted molar refractivity (Wildman–Crippen MR) is 38.7 cm³/mol. The second-order valence-corrected chi connectivity index (χ2v) is 2.74. The van der Waals surface area contributed by atoms with E-state index < -0.39 is 11.9 Å². The Morgan fingerprint density at radius 2 is 2.17 bits per heavy atom. The van der Waals surface area contributed by atoms with Gasteiger partial charge in [-0.3, -0.25) is 0 Å². The number of rotatable bonds is 1. The quantitative estimate of drug-likeness (QED) is 0.416. The van der Waals surface area contributed by atoms with Gasteiger partial charge < -0.3 is 5.21 Å². The van der Waals surface area contributed by atoms with E-state index in [9.17, 15) is 13.2 Å². The van der Waals surface area contributed by atoms with Crippen LogP contribution >= 0.6 is 11.3 Å². The average Bonchev–Trinajstić information content (AvgIpc) is 2.38. The van der Waals surface area contributed by atoms with Crippen molar-refractivity contribution in [3.63, 3.8) is 0 Å². The molecule has 66 valence electrons. The van der Waals surface area contributed by atoms with Gasteiger partial charge in [-0.15, -0.1) is 0 Å². The van der Waals surface area contributed by atoms with Crippen molar-refractivity contribution in [3.8, 4) is 0 Å². The summed E-state index contributed by atoms with van der Waals surface area (Å²) in [7, 11) is 0. The van der Waals surface area contributed by atoms with Crippen molar-refractivity contribution in [1.29, 1.82) is 0 Å². The third kappa shape index (κ3) is 1.76. The van der Waals surface area contributed by atoms with E-state index in [1.165, 1.54) is 16.8 Å². The van der Waals surface area contributed by atoms with E-state index in [2.05, 4.69) is 5.16 Å².